The molecule has 1 aromatic carbocycles. The molecule has 2 rings (SSSR count). The molecule has 0 bridgehead atoms. The largest absolute Gasteiger partial charge is 0.478 e. The van der Waals surface area contributed by atoms with Crippen LogP contribution in [0.2, 0.25) is 0 Å². The van der Waals surface area contributed by atoms with E-state index in [1.807, 2.05) is 0 Å². The van der Waals surface area contributed by atoms with Crippen molar-refractivity contribution in [2.45, 2.75) is 24.8 Å². The molecule has 5 heteroatoms. The van der Waals surface area contributed by atoms with Gasteiger partial charge in [0.1, 0.15) is 5.82 Å². The Kier molecular flexibility index (Phi) is 3.02. The SMILES string of the molecule is O=C(O)c1ccc(NC2(CO)CCC2)c(F)c1. The van der Waals surface area contributed by atoms with Gasteiger partial charge in [-0.15, -0.1) is 0 Å². The minimum Gasteiger partial charge on any atom is -0.478 e. The van der Waals surface area contributed by atoms with E-state index in [9.17, 15) is 14.3 Å². The lowest BCUT2D eigenvalue weighted by atomic mass is 9.77. The number of hydrogen-bond acceptors (Lipinski definition) is 3. The first-order chi connectivity index (χ1) is 8.06. The van der Waals surface area contributed by atoms with Crippen LogP contribution in [-0.4, -0.2) is 28.3 Å². The van der Waals surface area contributed by atoms with Crippen LogP contribution < -0.4 is 5.32 Å². The third-order valence-corrected chi connectivity index (χ3v) is 3.23. The van der Waals surface area contributed by atoms with Crippen molar-refractivity contribution in [2.75, 3.05) is 11.9 Å². The Hall–Kier alpha value is -1.62. The van der Waals surface area contributed by atoms with Gasteiger partial charge in [0.25, 0.3) is 0 Å². The van der Waals surface area contributed by atoms with Crippen molar-refractivity contribution in [3.05, 3.63) is 29.6 Å². The minimum absolute atomic E-state index is 0.0485. The van der Waals surface area contributed by atoms with Crippen molar-refractivity contribution in [3.8, 4) is 0 Å². The molecule has 1 aliphatic rings. The number of carboxylic acid groups (broad SMARTS) is 1. The molecule has 0 aliphatic heterocycles. The van der Waals surface area contributed by atoms with Crippen molar-refractivity contribution in [3.63, 3.8) is 0 Å². The molecule has 0 unspecified atom stereocenters. The summed E-state index contributed by atoms with van der Waals surface area (Å²) in [6.07, 6.45) is 2.59. The number of hydrogen-bond donors (Lipinski definition) is 3. The summed E-state index contributed by atoms with van der Waals surface area (Å²) in [5.41, 5.74) is -0.283. The van der Waals surface area contributed by atoms with E-state index in [1.54, 1.807) is 0 Å². The molecule has 17 heavy (non-hydrogen) atoms. The zero-order chi connectivity index (χ0) is 12.5. The Bertz CT molecular complexity index is 438. The van der Waals surface area contributed by atoms with Crippen molar-refractivity contribution >= 4 is 11.7 Å². The summed E-state index contributed by atoms with van der Waals surface area (Å²) in [6, 6.07) is 3.72. The fourth-order valence-electron chi connectivity index (χ4n) is 1.96. The monoisotopic (exact) mass is 239 g/mol. The van der Waals surface area contributed by atoms with E-state index in [0.29, 0.717) is 0 Å². The van der Waals surface area contributed by atoms with E-state index >= 15 is 0 Å². The first-order valence-corrected chi connectivity index (χ1v) is 5.48. The summed E-state index contributed by atoms with van der Waals surface area (Å²) >= 11 is 0. The van der Waals surface area contributed by atoms with E-state index in [0.717, 1.165) is 25.3 Å². The summed E-state index contributed by atoms with van der Waals surface area (Å²) in [4.78, 5) is 10.6. The summed E-state index contributed by atoms with van der Waals surface area (Å²) in [5.74, 6) is -1.76. The standard InChI is InChI=1S/C12H14FNO3/c13-9-6-8(11(16)17)2-3-10(9)14-12(7-15)4-1-5-12/h2-3,6,14-15H,1,4-5,7H2,(H,16,17). The molecule has 3 N–H and O–H groups in total. The van der Waals surface area contributed by atoms with Crippen LogP contribution in [-0.2, 0) is 0 Å². The van der Waals surface area contributed by atoms with E-state index in [1.165, 1.54) is 12.1 Å². The Morgan fingerprint density at radius 1 is 1.47 bits per heavy atom. The number of aliphatic hydroxyl groups is 1. The number of nitrogens with one attached hydrogen (secondary N) is 1. The van der Waals surface area contributed by atoms with E-state index in [2.05, 4.69) is 5.32 Å². The van der Waals surface area contributed by atoms with Gasteiger partial charge in [0, 0.05) is 0 Å². The summed E-state index contributed by atoms with van der Waals surface area (Å²) in [6.45, 7) is -0.0485. The summed E-state index contributed by atoms with van der Waals surface area (Å²) < 4.78 is 13.6. The molecule has 1 saturated carbocycles. The van der Waals surface area contributed by atoms with E-state index in [-0.39, 0.29) is 17.9 Å². The van der Waals surface area contributed by atoms with Crippen LogP contribution in [0.15, 0.2) is 18.2 Å². The molecule has 1 aromatic rings. The van der Waals surface area contributed by atoms with E-state index < -0.39 is 17.3 Å². The second kappa shape index (κ2) is 4.33. The van der Waals surface area contributed by atoms with Gasteiger partial charge in [-0.05, 0) is 37.5 Å². The van der Waals surface area contributed by atoms with Gasteiger partial charge in [-0.3, -0.25) is 0 Å². The minimum atomic E-state index is -1.16. The molecule has 0 amide bonds. The molecule has 0 spiro atoms. The Morgan fingerprint density at radius 2 is 2.18 bits per heavy atom. The summed E-state index contributed by atoms with van der Waals surface area (Å²) in [5, 5.41) is 20.9. The number of benzene rings is 1. The zero-order valence-electron chi connectivity index (χ0n) is 9.24. The fourth-order valence-corrected chi connectivity index (χ4v) is 1.96. The van der Waals surface area contributed by atoms with Crippen LogP contribution in [0.1, 0.15) is 29.6 Å². The smallest absolute Gasteiger partial charge is 0.335 e. The third-order valence-electron chi connectivity index (χ3n) is 3.23. The second-order valence-corrected chi connectivity index (χ2v) is 4.42. The highest BCUT2D eigenvalue weighted by molar-refractivity contribution is 5.88. The Balaban J connectivity index is 2.19. The van der Waals surface area contributed by atoms with Crippen LogP contribution in [0.25, 0.3) is 0 Å². The number of halogens is 1. The van der Waals surface area contributed by atoms with Crippen LogP contribution in [0.5, 0.6) is 0 Å². The normalized spacial score (nSPS) is 17.3. The predicted octanol–water partition coefficient (Wildman–Crippen LogP) is 1.85. The highest BCUT2D eigenvalue weighted by atomic mass is 19.1. The van der Waals surface area contributed by atoms with Gasteiger partial charge in [0.05, 0.1) is 23.4 Å². The lowest BCUT2D eigenvalue weighted by Gasteiger charge is -2.41. The molecule has 0 saturated heterocycles. The topological polar surface area (TPSA) is 69.6 Å². The van der Waals surface area contributed by atoms with Crippen LogP contribution in [0.4, 0.5) is 10.1 Å². The van der Waals surface area contributed by atoms with Gasteiger partial charge in [0.2, 0.25) is 0 Å². The van der Waals surface area contributed by atoms with Crippen molar-refractivity contribution in [1.82, 2.24) is 0 Å². The van der Waals surface area contributed by atoms with Gasteiger partial charge in [0.15, 0.2) is 0 Å². The highest BCUT2D eigenvalue weighted by Crippen LogP contribution is 2.35. The molecule has 1 aliphatic carbocycles. The average molecular weight is 239 g/mol. The zero-order valence-corrected chi connectivity index (χ0v) is 9.24. The maximum atomic E-state index is 13.6. The van der Waals surface area contributed by atoms with Crippen molar-refractivity contribution < 1.29 is 19.4 Å². The van der Waals surface area contributed by atoms with Gasteiger partial charge in [-0.25, -0.2) is 9.18 Å². The molecule has 92 valence electrons. The third kappa shape index (κ3) is 2.24. The first kappa shape index (κ1) is 11.9. The average Bonchev–Trinajstić information content (AvgIpc) is 2.25. The number of carboxylic acids is 1. The molecule has 0 heterocycles. The van der Waals surface area contributed by atoms with E-state index in [4.69, 9.17) is 5.11 Å². The molecule has 1 fully saturated rings. The highest BCUT2D eigenvalue weighted by Gasteiger charge is 2.36. The Morgan fingerprint density at radius 3 is 2.59 bits per heavy atom. The summed E-state index contributed by atoms with van der Waals surface area (Å²) in [7, 11) is 0. The van der Waals surface area contributed by atoms with Crippen LogP contribution in [0, 0.1) is 5.82 Å². The number of anilines is 1. The number of carbonyl (C=O) groups is 1. The first-order valence-electron chi connectivity index (χ1n) is 5.48. The quantitative estimate of drug-likeness (QED) is 0.750. The van der Waals surface area contributed by atoms with Crippen molar-refractivity contribution in [2.24, 2.45) is 0 Å². The molecule has 0 aromatic heterocycles. The lowest BCUT2D eigenvalue weighted by molar-refractivity contribution is 0.0696. The van der Waals surface area contributed by atoms with Gasteiger partial charge in [-0.2, -0.15) is 0 Å². The maximum absolute atomic E-state index is 13.6. The molecule has 0 atom stereocenters. The lowest BCUT2D eigenvalue weighted by Crippen LogP contribution is -2.48. The van der Waals surface area contributed by atoms with Crippen LogP contribution >= 0.6 is 0 Å². The maximum Gasteiger partial charge on any atom is 0.335 e. The van der Waals surface area contributed by atoms with Gasteiger partial charge >= 0.3 is 5.97 Å². The van der Waals surface area contributed by atoms with Crippen LogP contribution in [0.3, 0.4) is 0 Å². The molecular weight excluding hydrogens is 225 g/mol. The molecular formula is C12H14FNO3. The Labute approximate surface area is 98.1 Å². The predicted molar refractivity (Wildman–Crippen MR) is 60.6 cm³/mol. The number of aromatic carboxylic acids is 1. The van der Waals surface area contributed by atoms with Crippen molar-refractivity contribution in [1.29, 1.82) is 0 Å². The fraction of sp³-hybridized carbons (Fsp3) is 0.417. The molecule has 4 nitrogen and oxygen atoms in total. The number of rotatable bonds is 4. The number of aliphatic hydroxyl groups excluding tert-OH is 1. The second-order valence-electron chi connectivity index (χ2n) is 4.42. The van der Waals surface area contributed by atoms with Gasteiger partial charge in [-0.1, -0.05) is 0 Å². The molecule has 0 radical (unpaired) electrons. The van der Waals surface area contributed by atoms with Gasteiger partial charge < -0.3 is 15.5 Å².